The number of halogens is 1. The highest BCUT2D eigenvalue weighted by Crippen LogP contribution is 2.35. The van der Waals surface area contributed by atoms with E-state index in [0.717, 1.165) is 75.0 Å². The van der Waals surface area contributed by atoms with E-state index in [0.29, 0.717) is 19.8 Å². The van der Waals surface area contributed by atoms with Crippen LogP contribution in [-0.2, 0) is 22.4 Å². The van der Waals surface area contributed by atoms with E-state index in [2.05, 4.69) is 36.6 Å². The largest absolute Gasteiger partial charge is 0.494 e. The van der Waals surface area contributed by atoms with Crippen LogP contribution in [-0.4, -0.2) is 57.7 Å². The molecule has 2 aliphatic heterocycles. The molecule has 0 spiro atoms. The Morgan fingerprint density at radius 1 is 1.26 bits per heavy atom. The number of hydrogen-bond donors (Lipinski definition) is 2. The molecule has 8 heteroatoms. The van der Waals surface area contributed by atoms with Gasteiger partial charge in [-0.2, -0.15) is 0 Å². The van der Waals surface area contributed by atoms with Crippen LogP contribution in [0.5, 0.6) is 11.5 Å². The number of nitrogens with zero attached hydrogens (tertiary/aromatic N) is 1. The first-order valence-electron chi connectivity index (χ1n) is 11.4. The van der Waals surface area contributed by atoms with Crippen molar-refractivity contribution in [3.05, 3.63) is 23.3 Å². The monoisotopic (exact) mass is 547 g/mol. The zero-order valence-electron chi connectivity index (χ0n) is 19.1. The van der Waals surface area contributed by atoms with Crippen LogP contribution in [0.3, 0.4) is 0 Å². The first-order valence-corrected chi connectivity index (χ1v) is 11.4. The minimum Gasteiger partial charge on any atom is -0.494 e. The molecule has 31 heavy (non-hydrogen) atoms. The second-order valence-corrected chi connectivity index (χ2v) is 7.82. The number of guanidine groups is 1. The summed E-state index contributed by atoms with van der Waals surface area (Å²) in [7, 11) is 0. The molecule has 2 unspecified atom stereocenters. The molecule has 176 valence electrons. The summed E-state index contributed by atoms with van der Waals surface area (Å²) in [4.78, 5) is 4.75. The molecule has 2 atom stereocenters. The van der Waals surface area contributed by atoms with Crippen molar-refractivity contribution in [3.8, 4) is 11.5 Å². The summed E-state index contributed by atoms with van der Waals surface area (Å²) in [5.41, 5.74) is 2.26. The summed E-state index contributed by atoms with van der Waals surface area (Å²) in [5, 5.41) is 6.69. The Morgan fingerprint density at radius 2 is 2.13 bits per heavy atom. The summed E-state index contributed by atoms with van der Waals surface area (Å²) in [5.74, 6) is 2.66. The van der Waals surface area contributed by atoms with Crippen LogP contribution in [0.1, 0.15) is 51.2 Å². The zero-order valence-corrected chi connectivity index (χ0v) is 21.4. The van der Waals surface area contributed by atoms with Gasteiger partial charge in [-0.1, -0.05) is 0 Å². The van der Waals surface area contributed by atoms with Crippen molar-refractivity contribution in [1.82, 2.24) is 10.6 Å². The van der Waals surface area contributed by atoms with Crippen molar-refractivity contribution in [2.45, 2.75) is 65.2 Å². The van der Waals surface area contributed by atoms with E-state index in [1.807, 2.05) is 6.92 Å². The third-order valence-electron chi connectivity index (χ3n) is 5.22. The maximum atomic E-state index is 5.92. The van der Waals surface area contributed by atoms with E-state index >= 15 is 0 Å². The number of hydrogen-bond acceptors (Lipinski definition) is 5. The Hall–Kier alpha value is -1.26. The summed E-state index contributed by atoms with van der Waals surface area (Å²) >= 11 is 0. The highest BCUT2D eigenvalue weighted by molar-refractivity contribution is 14.0. The molecule has 1 fully saturated rings. The fourth-order valence-electron chi connectivity index (χ4n) is 3.77. The molecular formula is C23H38IN3O4. The van der Waals surface area contributed by atoms with Gasteiger partial charge in [-0.25, -0.2) is 4.99 Å². The number of benzene rings is 1. The van der Waals surface area contributed by atoms with Crippen LogP contribution in [0, 0.1) is 0 Å². The number of ether oxygens (including phenoxy) is 4. The van der Waals surface area contributed by atoms with Crippen molar-refractivity contribution >= 4 is 29.9 Å². The standard InChI is InChI=1S/C23H37N3O4.HI/c1-4-24-23(25-9-7-10-27-16-20-8-6-11-29-20)26-15-19-14-22-18(12-17(3)30-22)13-21(19)28-5-2;/h13-14,17,20H,4-12,15-16H2,1-3H3,(H2,24,25,26);1H. The summed E-state index contributed by atoms with van der Waals surface area (Å²) < 4.78 is 23.1. The Balaban J connectivity index is 0.00000341. The lowest BCUT2D eigenvalue weighted by atomic mass is 10.1. The lowest BCUT2D eigenvalue weighted by Gasteiger charge is -2.14. The first-order chi connectivity index (χ1) is 14.7. The third kappa shape index (κ3) is 8.31. The van der Waals surface area contributed by atoms with Crippen molar-refractivity contribution < 1.29 is 18.9 Å². The predicted molar refractivity (Wildman–Crippen MR) is 134 cm³/mol. The second kappa shape index (κ2) is 14.0. The molecule has 1 aromatic rings. The number of rotatable bonds is 11. The molecule has 3 rings (SSSR count). The Morgan fingerprint density at radius 3 is 2.87 bits per heavy atom. The smallest absolute Gasteiger partial charge is 0.191 e. The quantitative estimate of drug-likeness (QED) is 0.191. The second-order valence-electron chi connectivity index (χ2n) is 7.82. The van der Waals surface area contributed by atoms with Gasteiger partial charge in [0.15, 0.2) is 5.96 Å². The van der Waals surface area contributed by atoms with Gasteiger partial charge in [0.25, 0.3) is 0 Å². The third-order valence-corrected chi connectivity index (χ3v) is 5.22. The maximum absolute atomic E-state index is 5.92. The van der Waals surface area contributed by atoms with Crippen molar-refractivity contribution in [1.29, 1.82) is 0 Å². The van der Waals surface area contributed by atoms with Gasteiger partial charge in [-0.3, -0.25) is 0 Å². The average Bonchev–Trinajstić information content (AvgIpc) is 3.37. The van der Waals surface area contributed by atoms with E-state index in [1.165, 1.54) is 5.56 Å². The van der Waals surface area contributed by atoms with Crippen LogP contribution >= 0.6 is 24.0 Å². The predicted octanol–water partition coefficient (Wildman–Crippen LogP) is 3.67. The molecule has 0 amide bonds. The number of aliphatic imine (C=N–C) groups is 1. The first kappa shape index (κ1) is 26.0. The Kier molecular flexibility index (Phi) is 11.7. The average molecular weight is 547 g/mol. The molecule has 2 aliphatic rings. The molecule has 7 nitrogen and oxygen atoms in total. The van der Waals surface area contributed by atoms with Crippen LogP contribution in [0.4, 0.5) is 0 Å². The molecule has 0 radical (unpaired) electrons. The molecule has 2 heterocycles. The lowest BCUT2D eigenvalue weighted by molar-refractivity contribution is 0.0168. The number of nitrogens with one attached hydrogen (secondary N) is 2. The molecule has 0 bridgehead atoms. The van der Waals surface area contributed by atoms with E-state index in [-0.39, 0.29) is 36.2 Å². The lowest BCUT2D eigenvalue weighted by Crippen LogP contribution is -2.38. The molecule has 0 aromatic heterocycles. The van der Waals surface area contributed by atoms with Crippen LogP contribution in [0.25, 0.3) is 0 Å². The summed E-state index contributed by atoms with van der Waals surface area (Å²) in [6.45, 7) is 11.2. The molecule has 1 aromatic carbocycles. The molecular weight excluding hydrogens is 509 g/mol. The van der Waals surface area contributed by atoms with E-state index < -0.39 is 0 Å². The summed E-state index contributed by atoms with van der Waals surface area (Å²) in [6, 6.07) is 4.19. The highest BCUT2D eigenvalue weighted by atomic mass is 127. The van der Waals surface area contributed by atoms with Gasteiger partial charge in [0.05, 0.1) is 25.9 Å². The zero-order chi connectivity index (χ0) is 21.2. The minimum atomic E-state index is 0. The topological polar surface area (TPSA) is 73.3 Å². The Labute approximate surface area is 203 Å². The normalized spacial score (nSPS) is 20.0. The van der Waals surface area contributed by atoms with E-state index in [9.17, 15) is 0 Å². The molecule has 0 aliphatic carbocycles. The van der Waals surface area contributed by atoms with Gasteiger partial charge in [0.2, 0.25) is 0 Å². The summed E-state index contributed by atoms with van der Waals surface area (Å²) in [6.07, 6.45) is 4.62. The van der Waals surface area contributed by atoms with Gasteiger partial charge in [-0.05, 0) is 52.2 Å². The minimum absolute atomic E-state index is 0. The van der Waals surface area contributed by atoms with E-state index in [1.54, 1.807) is 0 Å². The van der Waals surface area contributed by atoms with Crippen LogP contribution in [0.15, 0.2) is 17.1 Å². The molecule has 0 saturated carbocycles. The molecule has 2 N–H and O–H groups in total. The van der Waals surface area contributed by atoms with Crippen molar-refractivity contribution in [2.24, 2.45) is 4.99 Å². The van der Waals surface area contributed by atoms with Gasteiger partial charge in [0.1, 0.15) is 17.6 Å². The fourth-order valence-corrected chi connectivity index (χ4v) is 3.77. The van der Waals surface area contributed by atoms with Gasteiger partial charge >= 0.3 is 0 Å². The van der Waals surface area contributed by atoms with Gasteiger partial charge in [-0.15, -0.1) is 24.0 Å². The Bertz CT molecular complexity index is 696. The fraction of sp³-hybridized carbons (Fsp3) is 0.696. The van der Waals surface area contributed by atoms with Gasteiger partial charge in [0, 0.05) is 43.9 Å². The number of fused-ring (bicyclic) bond motifs is 1. The SMILES string of the molecule is CCNC(=NCc1cc2c(cc1OCC)CC(C)O2)NCCCOCC1CCCO1.I. The maximum Gasteiger partial charge on any atom is 0.191 e. The van der Waals surface area contributed by atoms with Crippen molar-refractivity contribution in [3.63, 3.8) is 0 Å². The van der Waals surface area contributed by atoms with Crippen molar-refractivity contribution in [2.75, 3.05) is 39.5 Å². The van der Waals surface area contributed by atoms with Crippen LogP contribution < -0.4 is 20.1 Å². The van der Waals surface area contributed by atoms with Crippen LogP contribution in [0.2, 0.25) is 0 Å². The molecule has 1 saturated heterocycles. The van der Waals surface area contributed by atoms with Gasteiger partial charge < -0.3 is 29.6 Å². The van der Waals surface area contributed by atoms with E-state index in [4.69, 9.17) is 23.9 Å². The highest BCUT2D eigenvalue weighted by Gasteiger charge is 2.21.